The van der Waals surface area contributed by atoms with Crippen LogP contribution in [0.4, 0.5) is 0 Å². The quantitative estimate of drug-likeness (QED) is 0.204. The Morgan fingerprint density at radius 3 is 2.38 bits per heavy atom. The second-order valence-electron chi connectivity index (χ2n) is 9.98. The van der Waals surface area contributed by atoms with Crippen molar-refractivity contribution in [3.8, 4) is 5.75 Å². The first-order valence-corrected chi connectivity index (χ1v) is 13.1. The second kappa shape index (κ2) is 12.8. The van der Waals surface area contributed by atoms with Crippen LogP contribution in [-0.4, -0.2) is 19.4 Å². The zero-order chi connectivity index (χ0) is 27.1. The van der Waals surface area contributed by atoms with Gasteiger partial charge in [-0.2, -0.15) is 0 Å². The molecule has 0 radical (unpaired) electrons. The monoisotopic (exact) mass is 515 g/mol. The minimum atomic E-state index is 0.284. The highest BCUT2D eigenvalue weighted by Gasteiger charge is 2.16. The molecular weight excluding hydrogens is 478 g/mol. The van der Waals surface area contributed by atoms with Crippen LogP contribution in [0.1, 0.15) is 60.1 Å². The molecule has 3 aromatic carbocycles. The summed E-state index contributed by atoms with van der Waals surface area (Å²) in [6.45, 7) is 14.8. The van der Waals surface area contributed by atoms with Crippen LogP contribution < -0.4 is 4.74 Å². The van der Waals surface area contributed by atoms with Crippen molar-refractivity contribution >= 4 is 23.1 Å². The van der Waals surface area contributed by atoms with Gasteiger partial charge in [0.15, 0.2) is 0 Å². The van der Waals surface area contributed by atoms with Crippen molar-refractivity contribution in [2.75, 3.05) is 13.7 Å². The molecule has 0 aliphatic rings. The molecule has 0 aliphatic heterocycles. The van der Waals surface area contributed by atoms with Gasteiger partial charge < -0.3 is 9.47 Å². The highest BCUT2D eigenvalue weighted by atomic mass is 35.5. The lowest BCUT2D eigenvalue weighted by atomic mass is 9.90. The van der Waals surface area contributed by atoms with Crippen molar-refractivity contribution in [1.82, 2.24) is 0 Å². The molecule has 0 saturated carbocycles. The molecule has 0 aliphatic carbocycles. The second-order valence-corrected chi connectivity index (χ2v) is 10.4. The summed E-state index contributed by atoms with van der Waals surface area (Å²) in [7, 11) is 1.65. The van der Waals surface area contributed by atoms with E-state index in [0.29, 0.717) is 29.0 Å². The molecule has 0 bridgehead atoms. The van der Waals surface area contributed by atoms with E-state index in [0.717, 1.165) is 34.4 Å². The average Bonchev–Trinajstić information content (AvgIpc) is 2.87. The number of hydrogen-bond acceptors (Lipinski definition) is 3. The van der Waals surface area contributed by atoms with Crippen molar-refractivity contribution in [3.63, 3.8) is 0 Å². The molecule has 0 saturated heterocycles. The van der Waals surface area contributed by atoms with Gasteiger partial charge in [-0.15, -0.1) is 0 Å². The summed E-state index contributed by atoms with van der Waals surface area (Å²) >= 11 is 6.46. The van der Waals surface area contributed by atoms with Gasteiger partial charge in [0.2, 0.25) is 0 Å². The fourth-order valence-electron chi connectivity index (χ4n) is 4.45. The average molecular weight is 516 g/mol. The number of nitrogens with one attached hydrogen (secondary N) is 1. The molecular formula is C33H38ClNO2. The lowest BCUT2D eigenvalue weighted by molar-refractivity contribution is 0.356. The van der Waals surface area contributed by atoms with E-state index in [1.807, 2.05) is 37.3 Å². The van der Waals surface area contributed by atoms with Gasteiger partial charge in [-0.1, -0.05) is 81.4 Å². The maximum Gasteiger partial charge on any atom is 0.120 e. The van der Waals surface area contributed by atoms with E-state index in [9.17, 15) is 0 Å². The number of rotatable bonds is 11. The predicted octanol–water partition coefficient (Wildman–Crippen LogP) is 8.95. The van der Waals surface area contributed by atoms with Crippen molar-refractivity contribution in [2.24, 2.45) is 5.92 Å². The highest BCUT2D eigenvalue weighted by molar-refractivity contribution is 6.35. The molecule has 0 fully saturated rings. The number of hydrogen-bond donors (Lipinski definition) is 1. The number of ether oxygens (including phenoxy) is 2. The summed E-state index contributed by atoms with van der Waals surface area (Å²) in [5.74, 6) is 2.10. The van der Waals surface area contributed by atoms with E-state index >= 15 is 0 Å². The van der Waals surface area contributed by atoms with Crippen LogP contribution in [0.3, 0.4) is 0 Å². The molecule has 0 heterocycles. The van der Waals surface area contributed by atoms with Crippen LogP contribution in [-0.2, 0) is 11.2 Å². The Morgan fingerprint density at radius 2 is 1.73 bits per heavy atom. The van der Waals surface area contributed by atoms with Gasteiger partial charge in [0.1, 0.15) is 18.1 Å². The van der Waals surface area contributed by atoms with Gasteiger partial charge >= 0.3 is 0 Å². The van der Waals surface area contributed by atoms with Crippen molar-refractivity contribution in [1.29, 1.82) is 5.41 Å². The van der Waals surface area contributed by atoms with Crippen molar-refractivity contribution in [2.45, 2.75) is 47.0 Å². The van der Waals surface area contributed by atoms with Crippen molar-refractivity contribution in [3.05, 3.63) is 117 Å². The van der Waals surface area contributed by atoms with Crippen LogP contribution >= 0.6 is 11.6 Å². The third-order valence-corrected chi connectivity index (χ3v) is 6.90. The minimum absolute atomic E-state index is 0.284. The Bertz CT molecular complexity index is 1290. The summed E-state index contributed by atoms with van der Waals surface area (Å²) < 4.78 is 11.5. The normalized spacial score (nSPS) is 12.4. The summed E-state index contributed by atoms with van der Waals surface area (Å²) in [4.78, 5) is 0. The van der Waals surface area contributed by atoms with Crippen molar-refractivity contribution < 1.29 is 9.47 Å². The van der Waals surface area contributed by atoms with Gasteiger partial charge in [0.05, 0.1) is 17.8 Å². The number of allylic oxidation sites excluding steroid dienone is 1. The van der Waals surface area contributed by atoms with Gasteiger partial charge in [-0.25, -0.2) is 0 Å². The standard InChI is InChI=1S/C33H38ClNO2/c1-21(2)16-29(33(35)32-22(3)10-8-13-31(32)34)20-37-30-15-14-27(24(5)18-30)17-23(4)26-11-9-12-28(19-26)25(6)36-7/h8-16,18-19,21,23,35H,6,17,20H2,1-5,7H3/b29-16+,35-33?. The SMILES string of the molecule is C=C(OC)c1cccc(C(C)Cc2ccc(OC/C(=C\C(C)C)C(=N)c3c(C)cccc3Cl)cc2C)c1. The Morgan fingerprint density at radius 1 is 1.00 bits per heavy atom. The molecule has 3 rings (SSSR count). The topological polar surface area (TPSA) is 42.3 Å². The zero-order valence-corrected chi connectivity index (χ0v) is 23.6. The van der Waals surface area contributed by atoms with Gasteiger partial charge in [0.25, 0.3) is 0 Å². The maximum atomic E-state index is 8.87. The third-order valence-electron chi connectivity index (χ3n) is 6.59. The lowest BCUT2D eigenvalue weighted by Crippen LogP contribution is -2.14. The molecule has 37 heavy (non-hydrogen) atoms. The van der Waals surface area contributed by atoms with E-state index in [2.05, 4.69) is 70.7 Å². The number of aryl methyl sites for hydroxylation is 2. The zero-order valence-electron chi connectivity index (χ0n) is 22.8. The molecule has 0 amide bonds. The van der Waals surface area contributed by atoms with E-state index in [1.165, 1.54) is 16.7 Å². The summed E-state index contributed by atoms with van der Waals surface area (Å²) in [6, 6.07) is 20.4. The predicted molar refractivity (Wildman–Crippen MR) is 157 cm³/mol. The van der Waals surface area contributed by atoms with Gasteiger partial charge in [-0.3, -0.25) is 5.41 Å². The fourth-order valence-corrected chi connectivity index (χ4v) is 4.76. The number of methoxy groups -OCH3 is 1. The molecule has 3 aromatic rings. The van der Waals surface area contributed by atoms with Gasteiger partial charge in [-0.05, 0) is 78.6 Å². The molecule has 0 aromatic heterocycles. The molecule has 194 valence electrons. The van der Waals surface area contributed by atoms with Gasteiger partial charge in [0, 0.05) is 16.7 Å². The summed E-state index contributed by atoms with van der Waals surface area (Å²) in [6.07, 6.45) is 3.00. The molecule has 0 spiro atoms. The lowest BCUT2D eigenvalue weighted by Gasteiger charge is -2.18. The first-order valence-electron chi connectivity index (χ1n) is 12.7. The fraction of sp³-hybridized carbons (Fsp3) is 0.303. The summed E-state index contributed by atoms with van der Waals surface area (Å²) in [5, 5.41) is 9.46. The molecule has 3 nitrogen and oxygen atoms in total. The summed E-state index contributed by atoms with van der Waals surface area (Å²) in [5.41, 5.74) is 7.73. The van der Waals surface area contributed by atoms with E-state index in [4.69, 9.17) is 26.5 Å². The minimum Gasteiger partial charge on any atom is -0.497 e. The Balaban J connectivity index is 1.73. The van der Waals surface area contributed by atoms with Crippen LogP contribution in [0, 0.1) is 25.2 Å². The van der Waals surface area contributed by atoms with Crippen LogP contribution in [0.5, 0.6) is 5.75 Å². The Labute approximate surface area is 227 Å². The van der Waals surface area contributed by atoms with E-state index < -0.39 is 0 Å². The molecule has 1 atom stereocenters. The third kappa shape index (κ3) is 7.36. The van der Waals surface area contributed by atoms with E-state index in [-0.39, 0.29) is 5.92 Å². The molecule has 4 heteroatoms. The largest absolute Gasteiger partial charge is 0.497 e. The van der Waals surface area contributed by atoms with E-state index in [1.54, 1.807) is 7.11 Å². The first-order chi connectivity index (χ1) is 17.6. The highest BCUT2D eigenvalue weighted by Crippen LogP contribution is 2.28. The number of benzene rings is 3. The number of halogens is 1. The first kappa shape index (κ1) is 28.3. The smallest absolute Gasteiger partial charge is 0.120 e. The van der Waals surface area contributed by atoms with Crippen LogP contribution in [0.2, 0.25) is 5.02 Å². The molecule has 1 N–H and O–H groups in total. The Kier molecular flexibility index (Phi) is 9.77. The van der Waals surface area contributed by atoms with Crippen LogP contribution in [0.15, 0.2) is 78.9 Å². The van der Waals surface area contributed by atoms with Crippen LogP contribution in [0.25, 0.3) is 5.76 Å². The molecule has 1 unspecified atom stereocenters. The Hall–Kier alpha value is -3.30. The maximum absolute atomic E-state index is 8.87.